The van der Waals surface area contributed by atoms with Crippen molar-refractivity contribution in [2.45, 2.75) is 89.1 Å². The average Bonchev–Trinajstić information content (AvgIpc) is 1.51. The van der Waals surface area contributed by atoms with Crippen molar-refractivity contribution in [2.24, 2.45) is 5.73 Å². The first kappa shape index (κ1) is 71.5. The van der Waals surface area contributed by atoms with Crippen LogP contribution in [-0.4, -0.2) is 101 Å². The number of Topliss-reactive ketones (excluding diaryl/α,β-unsaturated/α-hetero) is 1. The van der Waals surface area contributed by atoms with Crippen LogP contribution in [0.4, 0.5) is 28.4 Å². The number of nitriles is 2. The fraction of sp³-hybridized carbons (Fsp3) is 0.277. The van der Waals surface area contributed by atoms with Crippen LogP contribution in [0.1, 0.15) is 102 Å². The van der Waals surface area contributed by atoms with Gasteiger partial charge in [-0.2, -0.15) is 10.5 Å². The number of anilines is 5. The zero-order valence-electron chi connectivity index (χ0n) is 58.3. The predicted octanol–water partition coefficient (Wildman–Crippen LogP) is 18.0. The summed E-state index contributed by atoms with van der Waals surface area (Å²) in [5.74, 6) is 0.321. The van der Waals surface area contributed by atoms with E-state index in [2.05, 4.69) is 158 Å². The van der Waals surface area contributed by atoms with Gasteiger partial charge in [0.2, 0.25) is 0 Å². The van der Waals surface area contributed by atoms with Crippen LogP contribution in [0.25, 0.3) is 75.0 Å². The van der Waals surface area contributed by atoms with Crippen LogP contribution < -0.4 is 31.1 Å². The van der Waals surface area contributed by atoms with Gasteiger partial charge in [0.05, 0.1) is 62.7 Å². The largest absolute Gasteiger partial charge is 0.398 e. The molecule has 3 aliphatic carbocycles. The van der Waals surface area contributed by atoms with Gasteiger partial charge in [-0.05, 0) is 135 Å². The number of carbonyl (C=O) groups is 1. The van der Waals surface area contributed by atoms with Gasteiger partial charge in [-0.1, -0.05) is 134 Å². The molecule has 0 spiro atoms. The van der Waals surface area contributed by atoms with Gasteiger partial charge in [0.1, 0.15) is 21.1 Å². The second kappa shape index (κ2) is 32.5. The number of epoxide rings is 1. The number of aromatic nitrogens is 2. The molecule has 12 aromatic rings. The van der Waals surface area contributed by atoms with Gasteiger partial charge in [0.15, 0.2) is 5.78 Å². The minimum absolute atomic E-state index is 0.0312. The summed E-state index contributed by atoms with van der Waals surface area (Å²) in [6.45, 7) is 2.83. The number of thiocarbonyl (C=S) groups is 1. The molecule has 16 rings (SSSR count). The number of rotatable bonds is 9. The summed E-state index contributed by atoms with van der Waals surface area (Å²) in [6.07, 6.45) is 9.37. The van der Waals surface area contributed by atoms with Crippen LogP contribution in [0.15, 0.2) is 182 Å². The van der Waals surface area contributed by atoms with Crippen LogP contribution in [-0.2, 0) is 27.1 Å². The SMILES string of the molecule is CCOC1CCCc2nc(-c3ccc(N(C)C)c4ccccc34)sc21.CN(C)c1ccc(-c2nc3c(s2)C(O)CCC3)c2ccccc12.CN(C)c1ccc(C#N)c2ccccc12.CN(C)c1ccc(C(N)=S)c2ccccc12.N#Cc1ccc(N)c2ccccc12.O=C1CCCC2OC12. The number of ketones is 1. The van der Waals surface area contributed by atoms with E-state index in [1.807, 2.05) is 118 Å². The van der Waals surface area contributed by atoms with Gasteiger partial charge >= 0.3 is 0 Å². The number of benzene rings is 10. The van der Waals surface area contributed by atoms with Gasteiger partial charge < -0.3 is 45.6 Å². The Morgan fingerprint density at radius 1 is 0.530 bits per heavy atom. The van der Waals surface area contributed by atoms with Crippen molar-refractivity contribution < 1.29 is 19.4 Å². The highest BCUT2D eigenvalue weighted by atomic mass is 32.1. The van der Waals surface area contributed by atoms with E-state index in [-0.39, 0.29) is 18.3 Å². The number of hydrogen-bond donors (Lipinski definition) is 3. The summed E-state index contributed by atoms with van der Waals surface area (Å²) in [4.78, 5) is 31.9. The smallest absolute Gasteiger partial charge is 0.164 e. The van der Waals surface area contributed by atoms with Gasteiger partial charge in [-0.25, -0.2) is 9.97 Å². The van der Waals surface area contributed by atoms with Crippen molar-refractivity contribution in [3.63, 3.8) is 0 Å². The number of aliphatic hydroxyl groups excluding tert-OH is 1. The molecular formula is C83H86N10O4S3. The van der Waals surface area contributed by atoms with E-state index < -0.39 is 0 Å². The average molecular weight is 1380 g/mol. The third kappa shape index (κ3) is 15.9. The van der Waals surface area contributed by atoms with Crippen molar-refractivity contribution in [3.8, 4) is 33.3 Å². The first-order chi connectivity index (χ1) is 48.4. The third-order valence-electron chi connectivity index (χ3n) is 18.5. The Bertz CT molecular complexity index is 5030. The topological polar surface area (TPSA) is 197 Å². The Morgan fingerprint density at radius 2 is 0.930 bits per heavy atom. The quantitative estimate of drug-likeness (QED) is 0.0700. The molecule has 10 aromatic carbocycles. The van der Waals surface area contributed by atoms with Crippen LogP contribution in [0, 0.1) is 22.7 Å². The molecule has 1 saturated heterocycles. The normalized spacial score (nSPS) is 16.1. The molecule has 4 aliphatic rings. The molecule has 0 amide bonds. The molecule has 3 heterocycles. The molecule has 1 saturated carbocycles. The van der Waals surface area contributed by atoms with Gasteiger partial charge in [0, 0.05) is 152 Å². The maximum Gasteiger partial charge on any atom is 0.164 e. The van der Waals surface area contributed by atoms with Crippen molar-refractivity contribution in [1.29, 1.82) is 10.5 Å². The molecular weight excluding hydrogens is 1300 g/mol. The van der Waals surface area contributed by atoms with Crippen molar-refractivity contribution in [1.82, 2.24) is 9.97 Å². The van der Waals surface area contributed by atoms with Crippen molar-refractivity contribution in [3.05, 3.63) is 220 Å². The Labute approximate surface area is 600 Å². The lowest BCUT2D eigenvalue weighted by Crippen LogP contribution is -2.14. The number of thiazole rings is 2. The number of hydrogen-bond acceptors (Lipinski definition) is 16. The van der Waals surface area contributed by atoms with E-state index in [1.165, 1.54) is 66.5 Å². The van der Waals surface area contributed by atoms with Crippen LogP contribution in [0.3, 0.4) is 0 Å². The van der Waals surface area contributed by atoms with E-state index in [9.17, 15) is 9.90 Å². The highest BCUT2D eigenvalue weighted by molar-refractivity contribution is 7.80. The standard InChI is InChI=1S/C21H24N2OS.C19H20N2OS.C13H14N2S.C13H12N2.C11H8N2.C6H8O2/c1-4-24-19-11-7-10-17-20(19)25-21(22-17)16-12-13-18(23(2)3)15-9-6-5-8-14(15)16;1-21(2)16-11-10-14(12-6-3-4-7-13(12)16)19-20-15-8-5-9-17(22)18(15)23-19;1-15(2)12-8-7-11(13(14)16)9-5-3-4-6-10(9)12;1-15(2)13-8-7-10(9-14)11-5-3-4-6-12(11)13;12-7-8-5-6-11(13)10-4-2-1-3-9(8)10;7-4-2-1-3-5-6(4)8-5/h5-6,8-9,12-13,19H,4,7,10-11H2,1-3H3;3-4,6-7,10-11,17,22H,5,8-9H2,1-2H3;3-8H,1-2H3,(H2,14,16);3-8H,1-2H3;1-6H,13H2;5-6H,1-3H2. The minimum Gasteiger partial charge on any atom is -0.398 e. The fourth-order valence-electron chi connectivity index (χ4n) is 13.4. The zero-order chi connectivity index (χ0) is 70.7. The Morgan fingerprint density at radius 3 is 1.40 bits per heavy atom. The van der Waals surface area contributed by atoms with E-state index in [0.717, 1.165) is 134 Å². The summed E-state index contributed by atoms with van der Waals surface area (Å²) in [5.41, 5.74) is 24.1. The number of nitrogens with zero attached hydrogens (tertiary/aromatic N) is 8. The van der Waals surface area contributed by atoms with Gasteiger partial charge in [-0.15, -0.1) is 22.7 Å². The van der Waals surface area contributed by atoms with Crippen molar-refractivity contribution >= 4 is 128 Å². The second-order valence-corrected chi connectivity index (χ2v) is 28.5. The molecule has 100 heavy (non-hydrogen) atoms. The molecule has 4 unspecified atom stereocenters. The number of ether oxygens (including phenoxy) is 2. The summed E-state index contributed by atoms with van der Waals surface area (Å²) < 4.78 is 11.0. The van der Waals surface area contributed by atoms with Gasteiger partial charge in [-0.3, -0.25) is 4.79 Å². The fourth-order valence-corrected chi connectivity index (χ4v) is 16.0. The lowest BCUT2D eigenvalue weighted by Gasteiger charge is -2.20. The molecule has 17 heteroatoms. The number of nitrogen functional groups attached to an aromatic ring is 1. The monoisotopic (exact) mass is 1380 g/mol. The van der Waals surface area contributed by atoms with Crippen LogP contribution >= 0.6 is 34.9 Å². The lowest BCUT2D eigenvalue weighted by atomic mass is 10.00. The Kier molecular flexibility index (Phi) is 23.2. The summed E-state index contributed by atoms with van der Waals surface area (Å²) in [5, 5.41) is 41.5. The zero-order valence-corrected chi connectivity index (χ0v) is 60.8. The highest BCUT2D eigenvalue weighted by Gasteiger charge is 2.46. The molecule has 5 N–H and O–H groups in total. The Hall–Kier alpha value is -9.82. The number of nitrogens with two attached hydrogens (primary N) is 2. The molecule has 4 atom stereocenters. The van der Waals surface area contributed by atoms with E-state index in [4.69, 9.17) is 53.7 Å². The molecule has 0 bridgehead atoms. The summed E-state index contributed by atoms with van der Waals surface area (Å²) >= 11 is 8.53. The summed E-state index contributed by atoms with van der Waals surface area (Å²) in [6, 6.07) is 65.4. The molecule has 0 radical (unpaired) electrons. The van der Waals surface area contributed by atoms with Crippen molar-refractivity contribution in [2.75, 3.05) is 88.3 Å². The summed E-state index contributed by atoms with van der Waals surface area (Å²) in [7, 11) is 16.4. The molecule has 1 aliphatic heterocycles. The van der Waals surface area contributed by atoms with E-state index in [0.29, 0.717) is 22.4 Å². The van der Waals surface area contributed by atoms with Gasteiger partial charge in [0.25, 0.3) is 0 Å². The third-order valence-corrected chi connectivity index (χ3v) is 21.1. The molecule has 14 nitrogen and oxygen atoms in total. The number of aliphatic hydroxyl groups is 1. The minimum atomic E-state index is -0.336. The maximum absolute atomic E-state index is 10.7. The maximum atomic E-state index is 10.7. The first-order valence-electron chi connectivity index (χ1n) is 34.0. The lowest BCUT2D eigenvalue weighted by molar-refractivity contribution is -0.120. The van der Waals surface area contributed by atoms with Crippen LogP contribution in [0.5, 0.6) is 0 Å². The van der Waals surface area contributed by atoms with E-state index >= 15 is 0 Å². The molecule has 2 aromatic heterocycles. The van der Waals surface area contributed by atoms with Crippen LogP contribution in [0.2, 0.25) is 0 Å². The van der Waals surface area contributed by atoms with E-state index in [1.54, 1.807) is 23.5 Å². The molecule has 510 valence electrons. The molecule has 2 fully saturated rings. The second-order valence-electron chi connectivity index (χ2n) is 26.0. The number of fused-ring (bicyclic) bond motifs is 8. The predicted molar refractivity (Wildman–Crippen MR) is 422 cm³/mol. The first-order valence-corrected chi connectivity index (χ1v) is 36.0. The number of aryl methyl sites for hydroxylation is 2. The Balaban J connectivity index is 0.000000125. The number of carbonyl (C=O) groups excluding carboxylic acids is 1. The highest BCUT2D eigenvalue weighted by Crippen LogP contribution is 2.45.